The third-order valence-electron chi connectivity index (χ3n) is 3.11. The molecule has 0 saturated carbocycles. The topological polar surface area (TPSA) is 64.0 Å². The third-order valence-corrected chi connectivity index (χ3v) is 4.90. The molecule has 0 aliphatic carbocycles. The quantitative estimate of drug-likeness (QED) is 0.787. The highest BCUT2D eigenvalue weighted by Gasteiger charge is 2.10. The Morgan fingerprint density at radius 3 is 2.68 bits per heavy atom. The lowest BCUT2D eigenvalue weighted by Crippen LogP contribution is -2.24. The van der Waals surface area contributed by atoms with Gasteiger partial charge in [0.15, 0.2) is 0 Å². The average Bonchev–Trinajstić information content (AvgIpc) is 2.68. The van der Waals surface area contributed by atoms with Crippen molar-refractivity contribution in [2.24, 2.45) is 0 Å². The Morgan fingerprint density at radius 2 is 2.11 bits per heavy atom. The first-order valence-electron chi connectivity index (χ1n) is 6.80. The Hall–Kier alpha value is -0.880. The molecule has 0 amide bonds. The van der Waals surface area contributed by atoms with Crippen molar-refractivity contribution in [2.45, 2.75) is 53.2 Å². The van der Waals surface area contributed by atoms with E-state index in [1.54, 1.807) is 6.92 Å². The van der Waals surface area contributed by atoms with E-state index < -0.39 is 9.84 Å². The summed E-state index contributed by atoms with van der Waals surface area (Å²) < 4.78 is 25.0. The number of imidazole rings is 1. The van der Waals surface area contributed by atoms with Gasteiger partial charge >= 0.3 is 0 Å². The second-order valence-electron chi connectivity index (χ2n) is 5.07. The Morgan fingerprint density at radius 1 is 1.42 bits per heavy atom. The number of aromatic nitrogens is 2. The van der Waals surface area contributed by atoms with Crippen molar-refractivity contribution in [1.82, 2.24) is 14.9 Å². The monoisotopic (exact) mass is 287 g/mol. The van der Waals surface area contributed by atoms with Crippen LogP contribution in [0.4, 0.5) is 0 Å². The van der Waals surface area contributed by atoms with Crippen LogP contribution >= 0.6 is 0 Å². The predicted octanol–water partition coefficient (Wildman–Crippen LogP) is 1.51. The van der Waals surface area contributed by atoms with Crippen LogP contribution in [0.3, 0.4) is 0 Å². The minimum atomic E-state index is -2.87. The van der Waals surface area contributed by atoms with Crippen LogP contribution in [0.2, 0.25) is 0 Å². The molecule has 1 rings (SSSR count). The lowest BCUT2D eigenvalue weighted by Gasteiger charge is -2.12. The predicted molar refractivity (Wildman–Crippen MR) is 77.9 cm³/mol. The van der Waals surface area contributed by atoms with Gasteiger partial charge in [-0.1, -0.05) is 20.8 Å². The lowest BCUT2D eigenvalue weighted by atomic mass is 10.3. The van der Waals surface area contributed by atoms with Gasteiger partial charge in [-0.3, -0.25) is 0 Å². The van der Waals surface area contributed by atoms with Gasteiger partial charge in [0, 0.05) is 31.1 Å². The fourth-order valence-electron chi connectivity index (χ4n) is 1.86. The van der Waals surface area contributed by atoms with E-state index in [1.165, 1.54) is 0 Å². The molecule has 0 unspecified atom stereocenters. The lowest BCUT2D eigenvalue weighted by molar-refractivity contribution is 0.544. The van der Waals surface area contributed by atoms with Gasteiger partial charge in [0.1, 0.15) is 15.7 Å². The van der Waals surface area contributed by atoms with Gasteiger partial charge in [-0.2, -0.15) is 0 Å². The van der Waals surface area contributed by atoms with Crippen LogP contribution in [0, 0.1) is 6.92 Å². The summed E-state index contributed by atoms with van der Waals surface area (Å²) in [5.74, 6) is 1.41. The molecule has 0 aromatic carbocycles. The largest absolute Gasteiger partial charge is 0.331 e. The van der Waals surface area contributed by atoms with Crippen LogP contribution in [0.25, 0.3) is 0 Å². The van der Waals surface area contributed by atoms with Crippen LogP contribution in [0.15, 0.2) is 6.20 Å². The van der Waals surface area contributed by atoms with Crippen molar-refractivity contribution in [3.05, 3.63) is 17.7 Å². The Balaban J connectivity index is 2.60. The van der Waals surface area contributed by atoms with Crippen LogP contribution < -0.4 is 5.32 Å². The van der Waals surface area contributed by atoms with Gasteiger partial charge in [-0.15, -0.1) is 0 Å². The van der Waals surface area contributed by atoms with Crippen LogP contribution in [-0.4, -0.2) is 35.5 Å². The smallest absolute Gasteiger partial charge is 0.150 e. The fraction of sp³-hybridized carbons (Fsp3) is 0.769. The molecule has 1 aromatic rings. The Kier molecular flexibility index (Phi) is 6.00. The van der Waals surface area contributed by atoms with Crippen LogP contribution in [-0.2, 0) is 22.9 Å². The third kappa shape index (κ3) is 5.32. The average molecular weight is 287 g/mol. The highest BCUT2D eigenvalue weighted by Crippen LogP contribution is 2.07. The fourth-order valence-corrected chi connectivity index (χ4v) is 2.71. The number of rotatable bonds is 8. The van der Waals surface area contributed by atoms with Gasteiger partial charge in [-0.25, -0.2) is 13.4 Å². The number of hydrogen-bond acceptors (Lipinski definition) is 4. The van der Waals surface area contributed by atoms with E-state index in [2.05, 4.69) is 28.7 Å². The Labute approximate surface area is 116 Å². The molecule has 0 aliphatic heterocycles. The SMILES string of the molecule is CCS(=O)(=O)CCCn1c(CNC(C)C)cnc1C. The molecule has 1 aromatic heterocycles. The molecule has 0 atom stereocenters. The van der Waals surface area contributed by atoms with Gasteiger partial charge < -0.3 is 9.88 Å². The van der Waals surface area contributed by atoms with Gasteiger partial charge in [0.2, 0.25) is 0 Å². The molecule has 19 heavy (non-hydrogen) atoms. The summed E-state index contributed by atoms with van der Waals surface area (Å²) >= 11 is 0. The summed E-state index contributed by atoms with van der Waals surface area (Å²) in [5.41, 5.74) is 1.11. The number of aryl methyl sites for hydroxylation is 1. The molecule has 1 heterocycles. The maximum Gasteiger partial charge on any atom is 0.150 e. The first-order chi connectivity index (χ1) is 8.85. The maximum absolute atomic E-state index is 11.5. The zero-order chi connectivity index (χ0) is 14.5. The zero-order valence-electron chi connectivity index (χ0n) is 12.3. The second kappa shape index (κ2) is 7.05. The van der Waals surface area contributed by atoms with Crippen molar-refractivity contribution in [3.63, 3.8) is 0 Å². The van der Waals surface area contributed by atoms with Crippen molar-refractivity contribution >= 4 is 9.84 Å². The summed E-state index contributed by atoms with van der Waals surface area (Å²) in [6, 6.07) is 0.420. The highest BCUT2D eigenvalue weighted by molar-refractivity contribution is 7.91. The van der Waals surface area contributed by atoms with E-state index in [1.807, 2.05) is 13.1 Å². The normalized spacial score (nSPS) is 12.3. The van der Waals surface area contributed by atoms with Crippen molar-refractivity contribution < 1.29 is 8.42 Å². The molecule has 0 radical (unpaired) electrons. The first kappa shape index (κ1) is 16.2. The number of sulfone groups is 1. The van der Waals surface area contributed by atoms with Crippen molar-refractivity contribution in [2.75, 3.05) is 11.5 Å². The van der Waals surface area contributed by atoms with Gasteiger partial charge in [0.25, 0.3) is 0 Å². The molecule has 6 heteroatoms. The molecule has 0 aliphatic rings. The summed E-state index contributed by atoms with van der Waals surface area (Å²) in [6.07, 6.45) is 2.50. The number of hydrogen-bond donors (Lipinski definition) is 1. The highest BCUT2D eigenvalue weighted by atomic mass is 32.2. The molecular formula is C13H25N3O2S. The van der Waals surface area contributed by atoms with Gasteiger partial charge in [0.05, 0.1) is 11.4 Å². The van der Waals surface area contributed by atoms with Crippen molar-refractivity contribution in [1.29, 1.82) is 0 Å². The first-order valence-corrected chi connectivity index (χ1v) is 8.62. The molecule has 5 nitrogen and oxygen atoms in total. The zero-order valence-corrected chi connectivity index (χ0v) is 13.1. The molecule has 0 fully saturated rings. The molecule has 0 saturated heterocycles. The minimum Gasteiger partial charge on any atom is -0.331 e. The molecule has 1 N–H and O–H groups in total. The second-order valence-corrected chi connectivity index (χ2v) is 7.55. The molecular weight excluding hydrogens is 262 g/mol. The van der Waals surface area contributed by atoms with Crippen LogP contribution in [0.5, 0.6) is 0 Å². The standard InChI is InChI=1S/C13H25N3O2S/c1-5-19(17,18)8-6-7-16-12(4)15-10-13(16)9-14-11(2)3/h10-11,14H,5-9H2,1-4H3. The van der Waals surface area contributed by atoms with E-state index in [0.29, 0.717) is 19.0 Å². The minimum absolute atomic E-state index is 0.220. The van der Waals surface area contributed by atoms with Crippen molar-refractivity contribution in [3.8, 4) is 0 Å². The molecule has 110 valence electrons. The van der Waals surface area contributed by atoms with E-state index in [0.717, 1.165) is 18.1 Å². The maximum atomic E-state index is 11.5. The number of nitrogens with one attached hydrogen (secondary N) is 1. The Bertz CT molecular complexity index is 492. The van der Waals surface area contributed by atoms with E-state index in [4.69, 9.17) is 0 Å². The molecule has 0 spiro atoms. The number of nitrogens with zero attached hydrogens (tertiary/aromatic N) is 2. The molecule has 0 bridgehead atoms. The summed E-state index contributed by atoms with van der Waals surface area (Å²) in [4.78, 5) is 4.30. The van der Waals surface area contributed by atoms with Gasteiger partial charge in [-0.05, 0) is 13.3 Å². The van der Waals surface area contributed by atoms with E-state index in [-0.39, 0.29) is 11.5 Å². The summed E-state index contributed by atoms with van der Waals surface area (Å²) in [5, 5.41) is 3.35. The summed E-state index contributed by atoms with van der Waals surface area (Å²) in [6.45, 7) is 9.31. The van der Waals surface area contributed by atoms with E-state index >= 15 is 0 Å². The summed E-state index contributed by atoms with van der Waals surface area (Å²) in [7, 11) is -2.87. The van der Waals surface area contributed by atoms with Crippen LogP contribution in [0.1, 0.15) is 38.7 Å². The van der Waals surface area contributed by atoms with E-state index in [9.17, 15) is 8.42 Å².